The molecule has 0 saturated heterocycles. The molecule has 2 rings (SSSR count). The lowest BCUT2D eigenvalue weighted by Crippen LogP contribution is -2.13. The minimum absolute atomic E-state index is 0.0880. The van der Waals surface area contributed by atoms with Crippen LogP contribution in [0.5, 0.6) is 0 Å². The summed E-state index contributed by atoms with van der Waals surface area (Å²) in [6.45, 7) is 0.290. The number of nitrogens with one attached hydrogen (secondary N) is 1. The fraction of sp³-hybridized carbons (Fsp3) is 0.235. The fourth-order valence-electron chi connectivity index (χ4n) is 1.94. The van der Waals surface area contributed by atoms with Crippen LogP contribution in [0.4, 0.5) is 10.5 Å². The van der Waals surface area contributed by atoms with Crippen LogP contribution >= 0.6 is 0 Å². The predicted octanol–water partition coefficient (Wildman–Crippen LogP) is 2.95. The van der Waals surface area contributed by atoms with Crippen molar-refractivity contribution < 1.29 is 22.1 Å². The molecule has 0 unspecified atom stereocenters. The highest BCUT2D eigenvalue weighted by molar-refractivity contribution is 7.85. The Labute approximate surface area is 141 Å². The maximum absolute atomic E-state index is 11.7. The van der Waals surface area contributed by atoms with Crippen LogP contribution in [0, 0.1) is 0 Å². The van der Waals surface area contributed by atoms with Crippen molar-refractivity contribution in [3.8, 4) is 0 Å². The largest absolute Gasteiger partial charge is 0.444 e. The molecular formula is C17H19NO5S. The second kappa shape index (κ2) is 8.47. The second-order valence-electron chi connectivity index (χ2n) is 5.16. The average Bonchev–Trinajstić information content (AvgIpc) is 2.54. The molecule has 0 radical (unpaired) electrons. The molecule has 0 aromatic heterocycles. The van der Waals surface area contributed by atoms with Gasteiger partial charge >= 0.3 is 6.09 Å². The van der Waals surface area contributed by atoms with Crippen LogP contribution in [0.25, 0.3) is 0 Å². The predicted molar refractivity (Wildman–Crippen MR) is 91.2 cm³/mol. The Kier molecular flexibility index (Phi) is 6.34. The summed E-state index contributed by atoms with van der Waals surface area (Å²) in [5.41, 5.74) is 2.41. The molecule has 2 aromatic rings. The van der Waals surface area contributed by atoms with Gasteiger partial charge in [0.1, 0.15) is 6.61 Å². The number of carbonyl (C=O) groups is 1. The average molecular weight is 349 g/mol. The van der Waals surface area contributed by atoms with Crippen molar-refractivity contribution in [3.63, 3.8) is 0 Å². The van der Waals surface area contributed by atoms with E-state index in [0.29, 0.717) is 12.1 Å². The summed E-state index contributed by atoms with van der Waals surface area (Å²) in [6, 6.07) is 16.4. The minimum atomic E-state index is -3.42. The maximum Gasteiger partial charge on any atom is 0.411 e. The van der Waals surface area contributed by atoms with Gasteiger partial charge in [-0.2, -0.15) is 8.42 Å². The van der Waals surface area contributed by atoms with Crippen molar-refractivity contribution >= 4 is 21.9 Å². The highest BCUT2D eigenvalue weighted by Crippen LogP contribution is 2.11. The van der Waals surface area contributed by atoms with Gasteiger partial charge in [-0.05, 0) is 29.7 Å². The van der Waals surface area contributed by atoms with E-state index in [1.807, 2.05) is 30.3 Å². The number of hydrogen-bond acceptors (Lipinski definition) is 5. The third-order valence-electron chi connectivity index (χ3n) is 3.10. The van der Waals surface area contributed by atoms with Crippen LogP contribution < -0.4 is 5.32 Å². The van der Waals surface area contributed by atoms with E-state index in [2.05, 4.69) is 9.50 Å². The molecule has 2 aromatic carbocycles. The molecule has 7 heteroatoms. The summed E-state index contributed by atoms with van der Waals surface area (Å²) in [4.78, 5) is 11.7. The highest BCUT2D eigenvalue weighted by atomic mass is 32.2. The Balaban J connectivity index is 1.77. The topological polar surface area (TPSA) is 81.7 Å². The van der Waals surface area contributed by atoms with Crippen LogP contribution in [0.2, 0.25) is 0 Å². The van der Waals surface area contributed by atoms with Crippen molar-refractivity contribution in [1.29, 1.82) is 0 Å². The Morgan fingerprint density at radius 2 is 1.67 bits per heavy atom. The van der Waals surface area contributed by atoms with Crippen molar-refractivity contribution in [2.24, 2.45) is 0 Å². The Bertz CT molecular complexity index is 757. The zero-order valence-electron chi connectivity index (χ0n) is 13.3. The van der Waals surface area contributed by atoms with E-state index in [0.717, 1.165) is 17.4 Å². The van der Waals surface area contributed by atoms with Gasteiger partial charge in [0.05, 0.1) is 12.9 Å². The van der Waals surface area contributed by atoms with E-state index in [-0.39, 0.29) is 13.2 Å². The lowest BCUT2D eigenvalue weighted by Gasteiger charge is -2.08. The van der Waals surface area contributed by atoms with Crippen LogP contribution in [0.1, 0.15) is 11.1 Å². The van der Waals surface area contributed by atoms with E-state index in [9.17, 15) is 13.2 Å². The molecule has 1 N–H and O–H groups in total. The molecule has 1 amide bonds. The minimum Gasteiger partial charge on any atom is -0.444 e. The summed E-state index contributed by atoms with van der Waals surface area (Å²) >= 11 is 0. The summed E-state index contributed by atoms with van der Waals surface area (Å²) in [5, 5.41) is 2.63. The van der Waals surface area contributed by atoms with Crippen LogP contribution in [0.3, 0.4) is 0 Å². The number of rotatable bonds is 7. The van der Waals surface area contributed by atoms with Crippen molar-refractivity contribution in [2.45, 2.75) is 13.0 Å². The normalized spacial score (nSPS) is 11.0. The van der Waals surface area contributed by atoms with Gasteiger partial charge < -0.3 is 4.74 Å². The third-order valence-corrected chi connectivity index (χ3v) is 3.70. The first-order valence-electron chi connectivity index (χ1n) is 7.33. The van der Waals surface area contributed by atoms with E-state index in [1.54, 1.807) is 24.3 Å². The van der Waals surface area contributed by atoms with Crippen LogP contribution in [-0.2, 0) is 32.1 Å². The van der Waals surface area contributed by atoms with Gasteiger partial charge in [0.15, 0.2) is 0 Å². The van der Waals surface area contributed by atoms with Crippen LogP contribution in [-0.4, -0.2) is 27.4 Å². The number of carbonyl (C=O) groups excluding carboxylic acids is 1. The second-order valence-corrected chi connectivity index (χ2v) is 6.80. The number of ether oxygens (including phenoxy) is 1. The van der Waals surface area contributed by atoms with E-state index < -0.39 is 16.2 Å². The molecule has 0 spiro atoms. The number of amides is 1. The fourth-order valence-corrected chi connectivity index (χ4v) is 2.33. The van der Waals surface area contributed by atoms with Gasteiger partial charge in [0.2, 0.25) is 0 Å². The zero-order valence-corrected chi connectivity index (χ0v) is 14.1. The molecule has 0 aliphatic heterocycles. The molecule has 0 aliphatic carbocycles. The molecule has 0 aliphatic rings. The van der Waals surface area contributed by atoms with Gasteiger partial charge in [-0.3, -0.25) is 9.50 Å². The van der Waals surface area contributed by atoms with Gasteiger partial charge in [0.25, 0.3) is 10.1 Å². The van der Waals surface area contributed by atoms with Gasteiger partial charge in [-0.25, -0.2) is 4.79 Å². The Morgan fingerprint density at radius 1 is 1.00 bits per heavy atom. The molecular weight excluding hydrogens is 330 g/mol. The Morgan fingerprint density at radius 3 is 2.29 bits per heavy atom. The zero-order chi connectivity index (χ0) is 17.4. The molecule has 128 valence electrons. The number of hydrogen-bond donors (Lipinski definition) is 1. The van der Waals surface area contributed by atoms with Crippen molar-refractivity contribution in [2.75, 3.05) is 18.2 Å². The van der Waals surface area contributed by atoms with Crippen LogP contribution in [0.15, 0.2) is 54.6 Å². The number of benzene rings is 2. The van der Waals surface area contributed by atoms with E-state index >= 15 is 0 Å². The molecule has 0 saturated carbocycles. The SMILES string of the molecule is CS(=O)(=O)OCCc1ccc(NC(=O)OCc2ccccc2)cc1. The monoisotopic (exact) mass is 349 g/mol. The summed E-state index contributed by atoms with van der Waals surface area (Å²) < 4.78 is 31.6. The summed E-state index contributed by atoms with van der Waals surface area (Å²) in [6.07, 6.45) is 0.944. The van der Waals surface area contributed by atoms with Crippen molar-refractivity contribution in [3.05, 3.63) is 65.7 Å². The highest BCUT2D eigenvalue weighted by Gasteiger charge is 2.05. The van der Waals surface area contributed by atoms with E-state index in [1.165, 1.54) is 0 Å². The van der Waals surface area contributed by atoms with Gasteiger partial charge in [-0.15, -0.1) is 0 Å². The third kappa shape index (κ3) is 6.80. The smallest absolute Gasteiger partial charge is 0.411 e. The molecule has 0 fully saturated rings. The lowest BCUT2D eigenvalue weighted by atomic mass is 10.1. The van der Waals surface area contributed by atoms with E-state index in [4.69, 9.17) is 4.74 Å². The first-order valence-corrected chi connectivity index (χ1v) is 9.15. The van der Waals surface area contributed by atoms with Gasteiger partial charge in [-0.1, -0.05) is 42.5 Å². The first-order chi connectivity index (χ1) is 11.4. The summed E-state index contributed by atoms with van der Waals surface area (Å²) in [5.74, 6) is 0. The maximum atomic E-state index is 11.7. The number of anilines is 1. The Hall–Kier alpha value is -2.38. The standard InChI is InChI=1S/C17H19NO5S/c1-24(20,21)23-12-11-14-7-9-16(10-8-14)18-17(19)22-13-15-5-3-2-4-6-15/h2-10H,11-13H2,1H3,(H,18,19). The first kappa shape index (κ1) is 18.0. The summed E-state index contributed by atoms with van der Waals surface area (Å²) in [7, 11) is -3.42. The molecule has 0 bridgehead atoms. The van der Waals surface area contributed by atoms with Crippen molar-refractivity contribution in [1.82, 2.24) is 0 Å². The molecule has 0 heterocycles. The molecule has 0 atom stereocenters. The quantitative estimate of drug-likeness (QED) is 0.777. The molecule has 6 nitrogen and oxygen atoms in total. The van der Waals surface area contributed by atoms with Gasteiger partial charge in [0, 0.05) is 5.69 Å². The lowest BCUT2D eigenvalue weighted by molar-refractivity contribution is 0.155. The molecule has 24 heavy (non-hydrogen) atoms.